The van der Waals surface area contributed by atoms with E-state index in [2.05, 4.69) is 20.9 Å². The summed E-state index contributed by atoms with van der Waals surface area (Å²) in [4.78, 5) is 3.50. The minimum absolute atomic E-state index is 0.108. The number of anilines is 1. The van der Waals surface area contributed by atoms with Crippen LogP contribution in [0, 0.1) is 0 Å². The van der Waals surface area contributed by atoms with Crippen LogP contribution in [0.1, 0.15) is 23.2 Å². The summed E-state index contributed by atoms with van der Waals surface area (Å²) in [6.45, 7) is -0.487. The largest absolute Gasteiger partial charge is 0.397 e. The average Bonchev–Trinajstić information content (AvgIpc) is 2.16. The summed E-state index contributed by atoms with van der Waals surface area (Å²) in [7, 11) is 0. The minimum Gasteiger partial charge on any atom is -0.397 e. The molecule has 0 atom stereocenters. The van der Waals surface area contributed by atoms with E-state index in [0.717, 1.165) is 0 Å². The molecule has 0 spiro atoms. The molecule has 0 saturated carbocycles. The van der Waals surface area contributed by atoms with Crippen molar-refractivity contribution in [2.24, 2.45) is 0 Å². The SMILES string of the molecule is Nc1cnc(C(F)F)c(CO)c1CBr. The molecule has 0 aliphatic rings. The Labute approximate surface area is 88.1 Å². The molecule has 0 amide bonds. The summed E-state index contributed by atoms with van der Waals surface area (Å²) in [5.41, 5.74) is 6.00. The summed E-state index contributed by atoms with van der Waals surface area (Å²) in [6.07, 6.45) is -1.52. The molecule has 0 radical (unpaired) electrons. The van der Waals surface area contributed by atoms with Crippen molar-refractivity contribution in [3.05, 3.63) is 23.0 Å². The van der Waals surface area contributed by atoms with Crippen molar-refractivity contribution in [1.29, 1.82) is 0 Å². The highest BCUT2D eigenvalue weighted by Crippen LogP contribution is 2.28. The first-order chi connectivity index (χ1) is 6.61. The van der Waals surface area contributed by atoms with Gasteiger partial charge in [-0.3, -0.25) is 4.98 Å². The van der Waals surface area contributed by atoms with Gasteiger partial charge in [-0.1, -0.05) is 15.9 Å². The molecule has 1 rings (SSSR count). The predicted octanol–water partition coefficient (Wildman–Crippen LogP) is 1.99. The molecule has 3 nitrogen and oxygen atoms in total. The van der Waals surface area contributed by atoms with Crippen LogP contribution in [0.3, 0.4) is 0 Å². The zero-order chi connectivity index (χ0) is 10.7. The molecule has 0 unspecified atom stereocenters. The molecule has 0 saturated heterocycles. The number of aromatic nitrogens is 1. The maximum Gasteiger partial charge on any atom is 0.280 e. The van der Waals surface area contributed by atoms with Gasteiger partial charge >= 0.3 is 0 Å². The summed E-state index contributed by atoms with van der Waals surface area (Å²) in [5.74, 6) is 0. The number of aliphatic hydroxyl groups is 1. The van der Waals surface area contributed by atoms with Crippen LogP contribution in [0.2, 0.25) is 0 Å². The Bertz CT molecular complexity index is 333. The maximum absolute atomic E-state index is 12.4. The van der Waals surface area contributed by atoms with Gasteiger partial charge in [0.1, 0.15) is 5.69 Å². The van der Waals surface area contributed by atoms with Crippen LogP contribution in [-0.4, -0.2) is 10.1 Å². The Kier molecular flexibility index (Phi) is 3.77. The highest BCUT2D eigenvalue weighted by Gasteiger charge is 2.18. The highest BCUT2D eigenvalue weighted by atomic mass is 79.9. The number of hydrogen-bond acceptors (Lipinski definition) is 3. The average molecular weight is 267 g/mol. The first-order valence-corrected chi connectivity index (χ1v) is 4.95. The van der Waals surface area contributed by atoms with Crippen molar-refractivity contribution in [2.75, 3.05) is 5.73 Å². The molecule has 0 aliphatic heterocycles. The topological polar surface area (TPSA) is 59.1 Å². The van der Waals surface area contributed by atoms with E-state index in [0.29, 0.717) is 16.6 Å². The molecule has 0 bridgehead atoms. The van der Waals surface area contributed by atoms with Gasteiger partial charge in [-0.25, -0.2) is 8.78 Å². The smallest absolute Gasteiger partial charge is 0.280 e. The lowest BCUT2D eigenvalue weighted by Crippen LogP contribution is -2.06. The first-order valence-electron chi connectivity index (χ1n) is 3.82. The van der Waals surface area contributed by atoms with Crippen LogP contribution in [0.4, 0.5) is 14.5 Å². The van der Waals surface area contributed by atoms with Crippen molar-refractivity contribution in [2.45, 2.75) is 18.4 Å². The Balaban J connectivity index is 3.33. The monoisotopic (exact) mass is 266 g/mol. The molecule has 0 aromatic carbocycles. The number of pyridine rings is 1. The van der Waals surface area contributed by atoms with Crippen molar-refractivity contribution >= 4 is 21.6 Å². The molecule has 0 fully saturated rings. The van der Waals surface area contributed by atoms with Crippen LogP contribution < -0.4 is 5.73 Å². The van der Waals surface area contributed by atoms with Crippen LogP contribution in [0.5, 0.6) is 0 Å². The van der Waals surface area contributed by atoms with Crippen molar-refractivity contribution < 1.29 is 13.9 Å². The lowest BCUT2D eigenvalue weighted by Gasteiger charge is -2.11. The van der Waals surface area contributed by atoms with E-state index in [1.165, 1.54) is 6.20 Å². The lowest BCUT2D eigenvalue weighted by molar-refractivity contribution is 0.141. The van der Waals surface area contributed by atoms with Gasteiger partial charge in [0.25, 0.3) is 6.43 Å². The van der Waals surface area contributed by atoms with Crippen LogP contribution in [-0.2, 0) is 11.9 Å². The molecular weight excluding hydrogens is 258 g/mol. The number of aliphatic hydroxyl groups excluding tert-OH is 1. The van der Waals surface area contributed by atoms with Gasteiger partial charge in [0.05, 0.1) is 18.5 Å². The zero-order valence-electron chi connectivity index (χ0n) is 7.17. The summed E-state index contributed by atoms with van der Waals surface area (Å²) in [6, 6.07) is 0. The van der Waals surface area contributed by atoms with Gasteiger partial charge in [0.15, 0.2) is 0 Å². The first kappa shape index (κ1) is 11.3. The Morgan fingerprint density at radius 3 is 2.57 bits per heavy atom. The molecular formula is C8H9BrF2N2O. The summed E-state index contributed by atoms with van der Waals surface area (Å²) in [5, 5.41) is 9.27. The van der Waals surface area contributed by atoms with E-state index in [4.69, 9.17) is 10.8 Å². The molecule has 0 aliphatic carbocycles. The van der Waals surface area contributed by atoms with Crippen molar-refractivity contribution in [3.8, 4) is 0 Å². The molecule has 14 heavy (non-hydrogen) atoms. The Hall–Kier alpha value is -0.750. The van der Waals surface area contributed by atoms with Gasteiger partial charge in [-0.2, -0.15) is 0 Å². The fourth-order valence-corrected chi connectivity index (χ4v) is 1.81. The van der Waals surface area contributed by atoms with Gasteiger partial charge in [-0.05, 0) is 5.56 Å². The number of nitrogen functional groups attached to an aromatic ring is 1. The van der Waals surface area contributed by atoms with E-state index in [9.17, 15) is 8.78 Å². The third-order valence-corrected chi connectivity index (χ3v) is 2.42. The second-order valence-electron chi connectivity index (χ2n) is 2.65. The van der Waals surface area contributed by atoms with E-state index in [1.807, 2.05) is 0 Å². The fraction of sp³-hybridized carbons (Fsp3) is 0.375. The van der Waals surface area contributed by atoms with Crippen LogP contribution in [0.25, 0.3) is 0 Å². The van der Waals surface area contributed by atoms with Crippen LogP contribution >= 0.6 is 15.9 Å². The van der Waals surface area contributed by atoms with Gasteiger partial charge < -0.3 is 10.8 Å². The standard InChI is InChI=1S/C8H9BrF2N2O/c9-1-4-5(3-14)7(8(10)11)13-2-6(4)12/h2,8,14H,1,3,12H2. The number of hydrogen-bond donors (Lipinski definition) is 2. The van der Waals surface area contributed by atoms with Gasteiger partial charge in [-0.15, -0.1) is 0 Å². The van der Waals surface area contributed by atoms with Gasteiger partial charge in [0, 0.05) is 10.9 Å². The number of nitrogens with two attached hydrogens (primary N) is 1. The quantitative estimate of drug-likeness (QED) is 0.823. The second-order valence-corrected chi connectivity index (χ2v) is 3.21. The third kappa shape index (κ3) is 2.01. The van der Waals surface area contributed by atoms with Crippen molar-refractivity contribution in [1.82, 2.24) is 4.98 Å². The molecule has 78 valence electrons. The Morgan fingerprint density at radius 1 is 1.50 bits per heavy atom. The fourth-order valence-electron chi connectivity index (χ4n) is 1.15. The molecule has 1 heterocycles. The summed E-state index contributed by atoms with van der Waals surface area (Å²) < 4.78 is 24.9. The minimum atomic E-state index is -2.70. The van der Waals surface area contributed by atoms with Crippen LogP contribution in [0.15, 0.2) is 6.20 Å². The molecule has 1 aromatic rings. The number of rotatable bonds is 3. The van der Waals surface area contributed by atoms with Gasteiger partial charge in [0.2, 0.25) is 0 Å². The summed E-state index contributed by atoms with van der Waals surface area (Å²) >= 11 is 3.12. The number of nitrogens with zero attached hydrogens (tertiary/aromatic N) is 1. The van der Waals surface area contributed by atoms with Crippen molar-refractivity contribution in [3.63, 3.8) is 0 Å². The zero-order valence-corrected chi connectivity index (χ0v) is 8.76. The lowest BCUT2D eigenvalue weighted by atomic mass is 10.1. The Morgan fingerprint density at radius 2 is 2.14 bits per heavy atom. The molecule has 3 N–H and O–H groups in total. The normalized spacial score (nSPS) is 10.9. The molecule has 6 heteroatoms. The second kappa shape index (κ2) is 4.65. The van der Waals surface area contributed by atoms with E-state index < -0.39 is 18.7 Å². The number of halogens is 3. The van der Waals surface area contributed by atoms with E-state index in [-0.39, 0.29) is 5.56 Å². The predicted molar refractivity (Wildman–Crippen MR) is 52.2 cm³/mol. The maximum atomic E-state index is 12.4. The molecule has 1 aromatic heterocycles. The number of alkyl halides is 3. The van der Waals surface area contributed by atoms with E-state index in [1.54, 1.807) is 0 Å². The third-order valence-electron chi connectivity index (χ3n) is 1.86. The highest BCUT2D eigenvalue weighted by molar-refractivity contribution is 9.08. The van der Waals surface area contributed by atoms with E-state index >= 15 is 0 Å².